The van der Waals surface area contributed by atoms with E-state index in [1.54, 1.807) is 19.1 Å². The van der Waals surface area contributed by atoms with E-state index in [2.05, 4.69) is 16.4 Å². The Morgan fingerprint density at radius 1 is 1.41 bits per heavy atom. The summed E-state index contributed by atoms with van der Waals surface area (Å²) in [4.78, 5) is 31.3. The lowest BCUT2D eigenvalue weighted by molar-refractivity contribution is -0.129. The van der Waals surface area contributed by atoms with Crippen LogP contribution in [0.4, 0.5) is 5.82 Å². The lowest BCUT2D eigenvalue weighted by Crippen LogP contribution is -2.52. The number of rotatable bonds is 10. The number of hydrogen-bond acceptors (Lipinski definition) is 10. The number of primary amides is 1. The zero-order chi connectivity index (χ0) is 23.5. The van der Waals surface area contributed by atoms with Gasteiger partial charge in [-0.05, 0) is 51.3 Å². The summed E-state index contributed by atoms with van der Waals surface area (Å²) in [5, 5.41) is 12.7. The summed E-state index contributed by atoms with van der Waals surface area (Å²) in [7, 11) is 3.95. The van der Waals surface area contributed by atoms with Crippen LogP contribution in [0.25, 0.3) is 11.3 Å². The molecular formula is C21H26N6O4S. The number of likely N-dealkylation sites (N-methyl/N-ethyl adjacent to an activating group) is 1. The van der Waals surface area contributed by atoms with Gasteiger partial charge in [0.2, 0.25) is 5.12 Å². The maximum absolute atomic E-state index is 12.6. The first kappa shape index (κ1) is 23.7. The smallest absolute Gasteiger partial charge is 0.251 e. The number of pyridine rings is 1. The molecule has 170 valence electrons. The first-order valence-electron chi connectivity index (χ1n) is 10.0. The number of thioether (sulfide) groups is 1. The zero-order valence-electron chi connectivity index (χ0n) is 18.2. The topological polar surface area (TPSA) is 160 Å². The summed E-state index contributed by atoms with van der Waals surface area (Å²) in [6.45, 7) is 4.23. The molecule has 32 heavy (non-hydrogen) atoms. The second kappa shape index (κ2) is 9.70. The van der Waals surface area contributed by atoms with Crippen molar-refractivity contribution in [2.75, 3.05) is 45.7 Å². The van der Waals surface area contributed by atoms with Gasteiger partial charge in [-0.3, -0.25) is 9.59 Å². The van der Waals surface area contributed by atoms with Gasteiger partial charge in [0.15, 0.2) is 5.54 Å². The van der Waals surface area contributed by atoms with Crippen LogP contribution in [0, 0.1) is 18.3 Å². The van der Waals surface area contributed by atoms with Crippen LogP contribution in [0.2, 0.25) is 0 Å². The summed E-state index contributed by atoms with van der Waals surface area (Å²) in [5.41, 5.74) is 10.1. The third-order valence-electron chi connectivity index (χ3n) is 5.00. The fraction of sp³-hybridized carbons (Fsp3) is 0.429. The SMILES string of the molecule is Cc1ccc(-c2c(C#N)c(NCCCOCCN(C)C)nc3c2C(N)(C(N)=O)C(=O)S3)o1. The highest BCUT2D eigenvalue weighted by Crippen LogP contribution is 2.48. The van der Waals surface area contributed by atoms with E-state index in [0.717, 1.165) is 18.3 Å². The molecule has 3 rings (SSSR count). The summed E-state index contributed by atoms with van der Waals surface area (Å²) in [5.74, 6) is 0.161. The predicted molar refractivity (Wildman–Crippen MR) is 120 cm³/mol. The van der Waals surface area contributed by atoms with E-state index in [9.17, 15) is 14.9 Å². The Kier molecular flexibility index (Phi) is 7.20. The van der Waals surface area contributed by atoms with Crippen LogP contribution in [0.1, 0.15) is 23.3 Å². The van der Waals surface area contributed by atoms with Crippen molar-refractivity contribution < 1.29 is 18.7 Å². The molecule has 0 saturated carbocycles. The third kappa shape index (κ3) is 4.49. The normalized spacial score (nSPS) is 17.4. The molecule has 1 aliphatic rings. The Morgan fingerprint density at radius 2 is 2.16 bits per heavy atom. The molecule has 1 amide bonds. The number of carbonyl (C=O) groups excluding carboxylic acids is 2. The van der Waals surface area contributed by atoms with Gasteiger partial charge in [0.25, 0.3) is 5.91 Å². The molecule has 1 unspecified atom stereocenters. The zero-order valence-corrected chi connectivity index (χ0v) is 19.0. The number of nitrogens with zero attached hydrogens (tertiary/aromatic N) is 3. The molecule has 1 atom stereocenters. The number of ether oxygens (including phenoxy) is 1. The largest absolute Gasteiger partial charge is 0.461 e. The van der Waals surface area contributed by atoms with Crippen molar-refractivity contribution >= 4 is 28.6 Å². The predicted octanol–water partition coefficient (Wildman–Crippen LogP) is 1.17. The van der Waals surface area contributed by atoms with Crippen LogP contribution in [-0.2, 0) is 19.9 Å². The molecule has 10 nitrogen and oxygen atoms in total. The number of fused-ring (bicyclic) bond motifs is 1. The van der Waals surface area contributed by atoms with Crippen molar-refractivity contribution in [1.29, 1.82) is 5.26 Å². The van der Waals surface area contributed by atoms with Gasteiger partial charge in [0.05, 0.1) is 6.61 Å². The standard InChI is InChI=1S/C21H26N6O4S/c1-12-5-6-14(31-12)15-13(11-22)17(25-7-4-9-30-10-8-27(2)3)26-18-16(15)21(24,19(23)28)20(29)32-18/h5-6H,4,7-10,24H2,1-3H3,(H2,23,28)(H,25,26). The Morgan fingerprint density at radius 3 is 2.75 bits per heavy atom. The molecule has 1 aliphatic heterocycles. The van der Waals surface area contributed by atoms with Gasteiger partial charge in [-0.15, -0.1) is 0 Å². The van der Waals surface area contributed by atoms with Crippen molar-refractivity contribution in [3.8, 4) is 17.4 Å². The molecule has 5 N–H and O–H groups in total. The van der Waals surface area contributed by atoms with E-state index in [1.807, 2.05) is 19.0 Å². The van der Waals surface area contributed by atoms with E-state index < -0.39 is 16.6 Å². The van der Waals surface area contributed by atoms with Crippen molar-refractivity contribution in [1.82, 2.24) is 9.88 Å². The highest BCUT2D eigenvalue weighted by molar-refractivity contribution is 8.14. The van der Waals surface area contributed by atoms with Gasteiger partial charge in [0, 0.05) is 30.8 Å². The second-order valence-electron chi connectivity index (χ2n) is 7.67. The highest BCUT2D eigenvalue weighted by atomic mass is 32.2. The molecule has 0 aliphatic carbocycles. The molecule has 11 heteroatoms. The van der Waals surface area contributed by atoms with Crippen molar-refractivity contribution in [2.45, 2.75) is 23.9 Å². The third-order valence-corrected chi connectivity index (χ3v) is 5.99. The minimum Gasteiger partial charge on any atom is -0.461 e. The van der Waals surface area contributed by atoms with Crippen LogP contribution in [0.15, 0.2) is 21.6 Å². The molecule has 0 fully saturated rings. The number of aryl methyl sites for hydroxylation is 1. The first-order chi connectivity index (χ1) is 15.2. The quantitative estimate of drug-likeness (QED) is 0.348. The number of nitriles is 1. The number of amides is 1. The van der Waals surface area contributed by atoms with Crippen LogP contribution in [0.5, 0.6) is 0 Å². The number of hydrogen-bond donors (Lipinski definition) is 3. The fourth-order valence-electron chi connectivity index (χ4n) is 3.28. The summed E-state index contributed by atoms with van der Waals surface area (Å²) in [6.07, 6.45) is 0.681. The lowest BCUT2D eigenvalue weighted by Gasteiger charge is -2.22. The van der Waals surface area contributed by atoms with Gasteiger partial charge in [-0.1, -0.05) is 0 Å². The van der Waals surface area contributed by atoms with E-state index in [-0.39, 0.29) is 27.5 Å². The number of carbonyl (C=O) groups is 2. The summed E-state index contributed by atoms with van der Waals surface area (Å²) >= 11 is 0.732. The molecule has 2 aromatic heterocycles. The molecule has 0 aromatic carbocycles. The van der Waals surface area contributed by atoms with Crippen molar-refractivity contribution in [3.63, 3.8) is 0 Å². The van der Waals surface area contributed by atoms with E-state index >= 15 is 0 Å². The average molecular weight is 459 g/mol. The number of aromatic nitrogens is 1. The minimum absolute atomic E-state index is 0.100. The van der Waals surface area contributed by atoms with E-state index in [4.69, 9.17) is 20.6 Å². The molecule has 0 bridgehead atoms. The summed E-state index contributed by atoms with van der Waals surface area (Å²) < 4.78 is 11.3. The summed E-state index contributed by atoms with van der Waals surface area (Å²) in [6, 6.07) is 5.49. The van der Waals surface area contributed by atoms with Gasteiger partial charge in [0.1, 0.15) is 34.0 Å². The maximum Gasteiger partial charge on any atom is 0.251 e. The number of furan rings is 1. The lowest BCUT2D eigenvalue weighted by atomic mass is 9.86. The molecule has 2 aromatic rings. The number of nitrogens with two attached hydrogens (primary N) is 2. The van der Waals surface area contributed by atoms with E-state index in [0.29, 0.717) is 37.7 Å². The van der Waals surface area contributed by atoms with Crippen LogP contribution in [-0.4, -0.2) is 61.3 Å². The van der Waals surface area contributed by atoms with E-state index in [1.165, 1.54) is 0 Å². The Balaban J connectivity index is 1.94. The Bertz CT molecular complexity index is 1080. The van der Waals surface area contributed by atoms with Crippen molar-refractivity contribution in [2.24, 2.45) is 11.5 Å². The highest BCUT2D eigenvalue weighted by Gasteiger charge is 2.53. The Hall–Kier alpha value is -2.91. The van der Waals surface area contributed by atoms with Crippen LogP contribution >= 0.6 is 11.8 Å². The fourth-order valence-corrected chi connectivity index (χ4v) is 4.32. The van der Waals surface area contributed by atoms with Crippen LogP contribution in [0.3, 0.4) is 0 Å². The molecule has 0 spiro atoms. The average Bonchev–Trinajstić information content (AvgIpc) is 3.27. The molecule has 3 heterocycles. The minimum atomic E-state index is -2.10. The van der Waals surface area contributed by atoms with Gasteiger partial charge in [-0.2, -0.15) is 5.26 Å². The monoisotopic (exact) mass is 458 g/mol. The van der Waals surface area contributed by atoms with Crippen molar-refractivity contribution in [3.05, 3.63) is 29.0 Å². The molecular weight excluding hydrogens is 432 g/mol. The second-order valence-corrected chi connectivity index (χ2v) is 8.63. The van der Waals surface area contributed by atoms with Crippen LogP contribution < -0.4 is 16.8 Å². The molecule has 0 radical (unpaired) electrons. The molecule has 0 saturated heterocycles. The maximum atomic E-state index is 12.6. The number of nitrogens with one attached hydrogen (secondary N) is 1. The number of anilines is 1. The van der Waals surface area contributed by atoms with Gasteiger partial charge >= 0.3 is 0 Å². The van der Waals surface area contributed by atoms with Gasteiger partial charge in [-0.25, -0.2) is 4.98 Å². The first-order valence-corrected chi connectivity index (χ1v) is 10.8. The Labute approximate surface area is 190 Å². The van der Waals surface area contributed by atoms with Gasteiger partial charge < -0.3 is 30.8 Å².